The van der Waals surface area contributed by atoms with E-state index in [0.717, 1.165) is 44.3 Å². The number of esters is 1. The van der Waals surface area contributed by atoms with E-state index < -0.39 is 0 Å². The number of rotatable bonds is 6. The number of carbonyl (C=O) groups is 1. The van der Waals surface area contributed by atoms with Gasteiger partial charge in [-0.05, 0) is 49.3 Å². The number of carbonyl (C=O) groups excluding carboxylic acids is 1. The average molecular weight is 290 g/mol. The first-order valence-corrected chi connectivity index (χ1v) is 8.02. The lowest BCUT2D eigenvalue weighted by Crippen LogP contribution is -2.27. The summed E-state index contributed by atoms with van der Waals surface area (Å²) in [5.74, 6) is 1.38. The zero-order valence-electron chi connectivity index (χ0n) is 13.1. The fourth-order valence-corrected chi connectivity index (χ4v) is 3.08. The number of ether oxygens (including phenoxy) is 2. The zero-order chi connectivity index (χ0) is 15.1. The highest BCUT2D eigenvalue weighted by Crippen LogP contribution is 2.30. The van der Waals surface area contributed by atoms with Crippen LogP contribution in [-0.4, -0.2) is 19.7 Å². The van der Waals surface area contributed by atoms with E-state index in [9.17, 15) is 4.79 Å². The second kappa shape index (κ2) is 8.06. The Kier molecular flexibility index (Phi) is 6.09. The second-order valence-corrected chi connectivity index (χ2v) is 5.96. The molecule has 1 aromatic rings. The SMILES string of the molecule is CCCc1ccc(OC[C@@H]2CCC[C@H](C(=O)OC)C2)cc1. The van der Waals surface area contributed by atoms with Crippen LogP contribution in [0, 0.1) is 11.8 Å². The molecule has 116 valence electrons. The van der Waals surface area contributed by atoms with E-state index in [1.807, 2.05) is 12.1 Å². The number of hydrogen-bond donors (Lipinski definition) is 0. The quantitative estimate of drug-likeness (QED) is 0.743. The standard InChI is InChI=1S/C18H26O3/c1-3-5-14-8-10-17(11-9-14)21-13-15-6-4-7-16(12-15)18(19)20-2/h8-11,15-16H,3-7,12-13H2,1-2H3/t15-,16+/m1/s1. The third kappa shape index (κ3) is 4.76. The molecule has 1 aliphatic rings. The van der Waals surface area contributed by atoms with Crippen molar-refractivity contribution in [3.05, 3.63) is 29.8 Å². The van der Waals surface area contributed by atoms with Crippen molar-refractivity contribution in [2.75, 3.05) is 13.7 Å². The van der Waals surface area contributed by atoms with Crippen molar-refractivity contribution in [2.24, 2.45) is 11.8 Å². The van der Waals surface area contributed by atoms with Crippen LogP contribution in [0.4, 0.5) is 0 Å². The summed E-state index contributed by atoms with van der Waals surface area (Å²) < 4.78 is 10.7. The highest BCUT2D eigenvalue weighted by Gasteiger charge is 2.28. The fraction of sp³-hybridized carbons (Fsp3) is 0.611. The molecule has 0 amide bonds. The Bertz CT molecular complexity index is 438. The van der Waals surface area contributed by atoms with Gasteiger partial charge in [0.25, 0.3) is 0 Å². The van der Waals surface area contributed by atoms with E-state index in [0.29, 0.717) is 12.5 Å². The predicted octanol–water partition coefficient (Wildman–Crippen LogP) is 4.00. The summed E-state index contributed by atoms with van der Waals surface area (Å²) in [5, 5.41) is 0. The molecule has 2 atom stereocenters. The third-order valence-corrected chi connectivity index (χ3v) is 4.27. The van der Waals surface area contributed by atoms with Crippen LogP contribution in [0.25, 0.3) is 0 Å². The first kappa shape index (κ1) is 15.9. The van der Waals surface area contributed by atoms with Gasteiger partial charge in [-0.2, -0.15) is 0 Å². The molecular formula is C18H26O3. The summed E-state index contributed by atoms with van der Waals surface area (Å²) in [5.41, 5.74) is 1.35. The Labute approximate surface area is 127 Å². The lowest BCUT2D eigenvalue weighted by molar-refractivity contribution is -0.147. The van der Waals surface area contributed by atoms with Gasteiger partial charge < -0.3 is 9.47 Å². The van der Waals surface area contributed by atoms with Crippen molar-refractivity contribution in [1.29, 1.82) is 0 Å². The van der Waals surface area contributed by atoms with Gasteiger partial charge in [0.2, 0.25) is 0 Å². The zero-order valence-corrected chi connectivity index (χ0v) is 13.1. The molecule has 0 radical (unpaired) electrons. The normalized spacial score (nSPS) is 21.8. The summed E-state index contributed by atoms with van der Waals surface area (Å²) >= 11 is 0. The van der Waals surface area contributed by atoms with Gasteiger partial charge in [0.1, 0.15) is 5.75 Å². The van der Waals surface area contributed by atoms with Gasteiger partial charge >= 0.3 is 5.97 Å². The van der Waals surface area contributed by atoms with Gasteiger partial charge in [0.15, 0.2) is 0 Å². The minimum absolute atomic E-state index is 0.0595. The number of methoxy groups -OCH3 is 1. The van der Waals surface area contributed by atoms with Gasteiger partial charge in [-0.3, -0.25) is 4.79 Å². The largest absolute Gasteiger partial charge is 0.493 e. The summed E-state index contributed by atoms with van der Waals surface area (Å²) in [4.78, 5) is 11.6. The highest BCUT2D eigenvalue weighted by atomic mass is 16.5. The van der Waals surface area contributed by atoms with Crippen molar-refractivity contribution in [1.82, 2.24) is 0 Å². The maximum atomic E-state index is 11.6. The Balaban J connectivity index is 1.80. The lowest BCUT2D eigenvalue weighted by atomic mass is 9.82. The number of hydrogen-bond acceptors (Lipinski definition) is 3. The van der Waals surface area contributed by atoms with Crippen molar-refractivity contribution < 1.29 is 14.3 Å². The molecule has 3 heteroatoms. The molecule has 3 nitrogen and oxygen atoms in total. The Hall–Kier alpha value is -1.51. The molecule has 0 heterocycles. The van der Waals surface area contributed by atoms with Crippen LogP contribution in [0.1, 0.15) is 44.6 Å². The first-order valence-electron chi connectivity index (χ1n) is 8.02. The third-order valence-electron chi connectivity index (χ3n) is 4.27. The first-order chi connectivity index (χ1) is 10.2. The van der Waals surface area contributed by atoms with Gasteiger partial charge in [0, 0.05) is 0 Å². The number of aryl methyl sites for hydroxylation is 1. The minimum atomic E-state index is -0.0661. The van der Waals surface area contributed by atoms with Crippen LogP contribution < -0.4 is 4.74 Å². The van der Waals surface area contributed by atoms with Crippen LogP contribution in [0.15, 0.2) is 24.3 Å². The number of benzene rings is 1. The highest BCUT2D eigenvalue weighted by molar-refractivity contribution is 5.72. The van der Waals surface area contributed by atoms with Gasteiger partial charge in [0.05, 0.1) is 19.6 Å². The molecule has 1 aromatic carbocycles. The van der Waals surface area contributed by atoms with E-state index in [4.69, 9.17) is 9.47 Å². The lowest BCUT2D eigenvalue weighted by Gasteiger charge is -2.27. The van der Waals surface area contributed by atoms with Gasteiger partial charge in [-0.1, -0.05) is 31.9 Å². The summed E-state index contributed by atoms with van der Waals surface area (Å²) in [6.07, 6.45) is 6.35. The Morgan fingerprint density at radius 2 is 2.00 bits per heavy atom. The van der Waals surface area contributed by atoms with Crippen molar-refractivity contribution in [2.45, 2.75) is 45.4 Å². The molecule has 1 fully saturated rings. The molecule has 0 spiro atoms. The average Bonchev–Trinajstić information content (AvgIpc) is 2.54. The smallest absolute Gasteiger partial charge is 0.308 e. The summed E-state index contributed by atoms with van der Waals surface area (Å²) in [6.45, 7) is 2.88. The van der Waals surface area contributed by atoms with E-state index in [1.165, 1.54) is 12.7 Å². The second-order valence-electron chi connectivity index (χ2n) is 5.96. The Morgan fingerprint density at radius 3 is 2.67 bits per heavy atom. The molecule has 0 unspecified atom stereocenters. The van der Waals surface area contributed by atoms with Crippen molar-refractivity contribution in [3.8, 4) is 5.75 Å². The van der Waals surface area contributed by atoms with E-state index >= 15 is 0 Å². The molecule has 0 aliphatic heterocycles. The Morgan fingerprint density at radius 1 is 1.24 bits per heavy atom. The monoisotopic (exact) mass is 290 g/mol. The van der Waals surface area contributed by atoms with E-state index in [2.05, 4.69) is 19.1 Å². The van der Waals surface area contributed by atoms with E-state index in [1.54, 1.807) is 0 Å². The molecular weight excluding hydrogens is 264 g/mol. The van der Waals surface area contributed by atoms with Crippen LogP contribution in [0.5, 0.6) is 5.75 Å². The van der Waals surface area contributed by atoms with Crippen molar-refractivity contribution in [3.63, 3.8) is 0 Å². The molecule has 21 heavy (non-hydrogen) atoms. The van der Waals surface area contributed by atoms with Crippen LogP contribution in [-0.2, 0) is 16.0 Å². The summed E-state index contributed by atoms with van der Waals surface area (Å²) in [7, 11) is 1.47. The molecule has 0 bridgehead atoms. The molecule has 1 aliphatic carbocycles. The summed E-state index contributed by atoms with van der Waals surface area (Å²) in [6, 6.07) is 8.37. The van der Waals surface area contributed by atoms with E-state index in [-0.39, 0.29) is 11.9 Å². The molecule has 1 saturated carbocycles. The minimum Gasteiger partial charge on any atom is -0.493 e. The maximum Gasteiger partial charge on any atom is 0.308 e. The van der Waals surface area contributed by atoms with Gasteiger partial charge in [-0.25, -0.2) is 0 Å². The fourth-order valence-electron chi connectivity index (χ4n) is 3.08. The maximum absolute atomic E-state index is 11.6. The topological polar surface area (TPSA) is 35.5 Å². The molecule has 0 N–H and O–H groups in total. The van der Waals surface area contributed by atoms with Crippen LogP contribution >= 0.6 is 0 Å². The predicted molar refractivity (Wildman–Crippen MR) is 83.4 cm³/mol. The molecule has 0 aromatic heterocycles. The van der Waals surface area contributed by atoms with Crippen LogP contribution in [0.3, 0.4) is 0 Å². The molecule has 0 saturated heterocycles. The molecule has 2 rings (SSSR count). The van der Waals surface area contributed by atoms with Gasteiger partial charge in [-0.15, -0.1) is 0 Å². The van der Waals surface area contributed by atoms with Crippen LogP contribution in [0.2, 0.25) is 0 Å². The van der Waals surface area contributed by atoms with Crippen molar-refractivity contribution >= 4 is 5.97 Å².